The highest BCUT2D eigenvalue weighted by Crippen LogP contribution is 2.13. The SMILES string of the molecule is CCC(=O)On1ncc(-c2cccnn2)cc1=S. The maximum atomic E-state index is 11.1. The van der Waals surface area contributed by atoms with E-state index in [1.807, 2.05) is 0 Å². The fraction of sp³-hybridized carbons (Fsp3) is 0.182. The molecule has 0 fully saturated rings. The number of hydrogen-bond donors (Lipinski definition) is 0. The highest BCUT2D eigenvalue weighted by Gasteiger charge is 2.05. The number of aromatic nitrogens is 4. The Balaban J connectivity index is 2.31. The van der Waals surface area contributed by atoms with Crippen molar-refractivity contribution in [3.05, 3.63) is 35.2 Å². The van der Waals surface area contributed by atoms with Crippen molar-refractivity contribution in [2.24, 2.45) is 0 Å². The molecular weight excluding hydrogens is 252 g/mol. The monoisotopic (exact) mass is 262 g/mol. The predicted molar refractivity (Wildman–Crippen MR) is 66.0 cm³/mol. The Hall–Kier alpha value is -2.15. The van der Waals surface area contributed by atoms with Crippen LogP contribution in [0.2, 0.25) is 0 Å². The van der Waals surface area contributed by atoms with Gasteiger partial charge in [-0.1, -0.05) is 24.0 Å². The molecule has 0 atom stereocenters. The lowest BCUT2D eigenvalue weighted by atomic mass is 10.2. The van der Waals surface area contributed by atoms with E-state index in [0.717, 1.165) is 10.4 Å². The zero-order valence-corrected chi connectivity index (χ0v) is 10.4. The summed E-state index contributed by atoms with van der Waals surface area (Å²) in [4.78, 5) is 17.1. The van der Waals surface area contributed by atoms with Gasteiger partial charge in [-0.2, -0.15) is 10.2 Å². The molecule has 92 valence electrons. The van der Waals surface area contributed by atoms with Crippen LogP contribution in [0.5, 0.6) is 0 Å². The summed E-state index contributed by atoms with van der Waals surface area (Å²) in [7, 11) is 0. The fourth-order valence-electron chi connectivity index (χ4n) is 1.22. The maximum Gasteiger partial charge on any atom is 0.334 e. The third-order valence-corrected chi connectivity index (χ3v) is 2.39. The van der Waals surface area contributed by atoms with Crippen LogP contribution in [0.15, 0.2) is 30.6 Å². The number of carbonyl (C=O) groups excluding carboxylic acids is 1. The van der Waals surface area contributed by atoms with E-state index in [4.69, 9.17) is 17.1 Å². The molecule has 7 heteroatoms. The second-order valence-corrected chi connectivity index (χ2v) is 3.80. The van der Waals surface area contributed by atoms with Crippen molar-refractivity contribution in [1.29, 1.82) is 0 Å². The molecule has 0 bridgehead atoms. The van der Waals surface area contributed by atoms with Crippen molar-refractivity contribution >= 4 is 18.2 Å². The van der Waals surface area contributed by atoms with E-state index in [-0.39, 0.29) is 6.42 Å². The third-order valence-electron chi connectivity index (χ3n) is 2.11. The van der Waals surface area contributed by atoms with Gasteiger partial charge in [0.1, 0.15) is 0 Å². The second kappa shape index (κ2) is 5.46. The van der Waals surface area contributed by atoms with Gasteiger partial charge in [0.2, 0.25) is 0 Å². The molecule has 0 saturated carbocycles. The van der Waals surface area contributed by atoms with Crippen molar-refractivity contribution in [3.63, 3.8) is 0 Å². The summed E-state index contributed by atoms with van der Waals surface area (Å²) >= 11 is 5.08. The number of carbonyl (C=O) groups is 1. The van der Waals surface area contributed by atoms with Gasteiger partial charge in [0.15, 0.2) is 4.64 Å². The van der Waals surface area contributed by atoms with E-state index in [1.165, 1.54) is 6.20 Å². The Kier molecular flexibility index (Phi) is 3.73. The summed E-state index contributed by atoms with van der Waals surface area (Å²) in [5, 5.41) is 11.7. The fourth-order valence-corrected chi connectivity index (χ4v) is 1.43. The van der Waals surface area contributed by atoms with Crippen molar-refractivity contribution in [1.82, 2.24) is 20.1 Å². The molecule has 2 aromatic heterocycles. The summed E-state index contributed by atoms with van der Waals surface area (Å²) < 4.78 is 0.292. The Bertz CT molecular complexity index is 612. The highest BCUT2D eigenvalue weighted by atomic mass is 32.1. The molecule has 0 amide bonds. The van der Waals surface area contributed by atoms with Gasteiger partial charge in [-0.15, -0.1) is 5.10 Å². The zero-order chi connectivity index (χ0) is 13.0. The van der Waals surface area contributed by atoms with Crippen LogP contribution in [0.25, 0.3) is 11.3 Å². The van der Waals surface area contributed by atoms with Crippen LogP contribution in [-0.2, 0) is 4.79 Å². The summed E-state index contributed by atoms with van der Waals surface area (Å²) in [6, 6.07) is 5.21. The van der Waals surface area contributed by atoms with Gasteiger partial charge in [0.05, 0.1) is 11.9 Å². The van der Waals surface area contributed by atoms with Gasteiger partial charge >= 0.3 is 5.97 Å². The smallest absolute Gasteiger partial charge is 0.318 e. The first-order valence-corrected chi connectivity index (χ1v) is 5.70. The molecule has 0 aliphatic carbocycles. The lowest BCUT2D eigenvalue weighted by molar-refractivity contribution is -0.145. The third kappa shape index (κ3) is 2.75. The van der Waals surface area contributed by atoms with Gasteiger partial charge in [-0.05, 0) is 18.2 Å². The molecule has 0 saturated heterocycles. The summed E-state index contributed by atoms with van der Waals surface area (Å²) in [6.45, 7) is 1.69. The van der Waals surface area contributed by atoms with E-state index in [1.54, 1.807) is 31.3 Å². The Morgan fingerprint density at radius 2 is 2.39 bits per heavy atom. The Morgan fingerprint density at radius 1 is 1.56 bits per heavy atom. The topological polar surface area (TPSA) is 69.9 Å². The van der Waals surface area contributed by atoms with Crippen LogP contribution in [0.1, 0.15) is 13.3 Å². The molecule has 0 radical (unpaired) electrons. The summed E-state index contributed by atoms with van der Waals surface area (Å²) in [5.41, 5.74) is 1.38. The average molecular weight is 262 g/mol. The first kappa shape index (κ1) is 12.3. The van der Waals surface area contributed by atoms with Crippen molar-refractivity contribution in [2.45, 2.75) is 13.3 Å². The normalized spacial score (nSPS) is 10.1. The molecule has 0 aliphatic heterocycles. The quantitative estimate of drug-likeness (QED) is 0.779. The van der Waals surface area contributed by atoms with Gasteiger partial charge in [-0.3, -0.25) is 0 Å². The first-order chi connectivity index (χ1) is 8.70. The minimum absolute atomic E-state index is 0.259. The van der Waals surface area contributed by atoms with E-state index in [9.17, 15) is 4.79 Å². The zero-order valence-electron chi connectivity index (χ0n) is 9.61. The largest absolute Gasteiger partial charge is 0.334 e. The minimum atomic E-state index is -0.397. The molecular formula is C11H10N4O2S. The lowest BCUT2D eigenvalue weighted by Gasteiger charge is -2.05. The lowest BCUT2D eigenvalue weighted by Crippen LogP contribution is -2.21. The number of nitrogens with zero attached hydrogens (tertiary/aromatic N) is 4. The molecule has 0 unspecified atom stereocenters. The standard InChI is InChI=1S/C11H10N4O2S/c1-2-11(16)17-15-10(18)6-8(7-13-15)9-4-3-5-12-14-9/h3-7H,2H2,1H3. The predicted octanol–water partition coefficient (Wildman–Crippen LogP) is 1.43. The molecule has 0 spiro atoms. The molecule has 2 rings (SSSR count). The van der Waals surface area contributed by atoms with E-state index < -0.39 is 5.97 Å². The van der Waals surface area contributed by atoms with E-state index in [0.29, 0.717) is 10.3 Å². The number of hydrogen-bond acceptors (Lipinski definition) is 6. The average Bonchev–Trinajstić information content (AvgIpc) is 2.42. The molecule has 0 aromatic carbocycles. The van der Waals surface area contributed by atoms with E-state index in [2.05, 4.69) is 15.3 Å². The molecule has 0 N–H and O–H groups in total. The van der Waals surface area contributed by atoms with Crippen molar-refractivity contribution in [3.8, 4) is 11.3 Å². The maximum absolute atomic E-state index is 11.1. The molecule has 6 nitrogen and oxygen atoms in total. The van der Waals surface area contributed by atoms with Crippen LogP contribution < -0.4 is 4.84 Å². The number of rotatable bonds is 3. The van der Waals surface area contributed by atoms with Gasteiger partial charge < -0.3 is 4.84 Å². The van der Waals surface area contributed by atoms with Crippen molar-refractivity contribution in [2.75, 3.05) is 0 Å². The second-order valence-electron chi connectivity index (χ2n) is 3.38. The first-order valence-electron chi connectivity index (χ1n) is 5.29. The van der Waals surface area contributed by atoms with Crippen LogP contribution in [0.4, 0.5) is 0 Å². The van der Waals surface area contributed by atoms with Gasteiger partial charge in [-0.25, -0.2) is 4.79 Å². The summed E-state index contributed by atoms with van der Waals surface area (Å²) in [6.07, 6.45) is 3.36. The summed E-state index contributed by atoms with van der Waals surface area (Å²) in [5.74, 6) is -0.397. The van der Waals surface area contributed by atoms with E-state index >= 15 is 0 Å². The van der Waals surface area contributed by atoms with Gasteiger partial charge in [0.25, 0.3) is 0 Å². The van der Waals surface area contributed by atoms with Crippen LogP contribution >= 0.6 is 12.2 Å². The Morgan fingerprint density at radius 3 is 3.00 bits per heavy atom. The van der Waals surface area contributed by atoms with Crippen LogP contribution in [0.3, 0.4) is 0 Å². The Labute approximate surface area is 108 Å². The molecule has 2 heterocycles. The molecule has 2 aromatic rings. The van der Waals surface area contributed by atoms with Crippen LogP contribution in [0, 0.1) is 4.64 Å². The molecule has 18 heavy (non-hydrogen) atoms. The van der Waals surface area contributed by atoms with Gasteiger partial charge in [0, 0.05) is 18.2 Å². The minimum Gasteiger partial charge on any atom is -0.318 e. The highest BCUT2D eigenvalue weighted by molar-refractivity contribution is 7.71. The van der Waals surface area contributed by atoms with Crippen LogP contribution in [-0.4, -0.2) is 26.1 Å². The van der Waals surface area contributed by atoms with Crippen molar-refractivity contribution < 1.29 is 9.63 Å². The molecule has 0 aliphatic rings.